The van der Waals surface area contributed by atoms with Crippen molar-refractivity contribution >= 4 is 22.9 Å². The van der Waals surface area contributed by atoms with E-state index in [1.165, 1.54) is 12.1 Å². The zero-order valence-corrected chi connectivity index (χ0v) is 17.6. The maximum absolute atomic E-state index is 13.0. The molecule has 32 heavy (non-hydrogen) atoms. The monoisotopic (exact) mass is 447 g/mol. The van der Waals surface area contributed by atoms with Gasteiger partial charge in [-0.25, -0.2) is 4.79 Å². The number of ether oxygens (including phenoxy) is 2. The number of halogens is 3. The molecule has 0 atom stereocenters. The molecule has 9 heteroatoms. The van der Waals surface area contributed by atoms with Crippen molar-refractivity contribution in [3.05, 3.63) is 71.9 Å². The van der Waals surface area contributed by atoms with Crippen LogP contribution in [0, 0.1) is 0 Å². The lowest BCUT2D eigenvalue weighted by Crippen LogP contribution is -2.33. The zero-order chi connectivity index (χ0) is 23.0. The molecule has 0 spiro atoms. The quantitative estimate of drug-likeness (QED) is 0.387. The Balaban J connectivity index is 2.01. The van der Waals surface area contributed by atoms with E-state index in [0.29, 0.717) is 31.9 Å². The van der Waals surface area contributed by atoms with E-state index in [0.717, 1.165) is 17.7 Å². The average Bonchev–Trinajstić information content (AvgIpc) is 2.79. The molecule has 1 heterocycles. The zero-order valence-electron chi connectivity index (χ0n) is 17.6. The van der Waals surface area contributed by atoms with Gasteiger partial charge in [0.15, 0.2) is 5.71 Å². The van der Waals surface area contributed by atoms with Gasteiger partial charge in [0.1, 0.15) is 0 Å². The van der Waals surface area contributed by atoms with Crippen molar-refractivity contribution in [2.45, 2.75) is 13.1 Å². The molecule has 2 aromatic rings. The molecule has 0 aliphatic carbocycles. The normalized spacial score (nSPS) is 15.4. The number of carbonyl (C=O) groups excluding carboxylic acids is 1. The highest BCUT2D eigenvalue weighted by atomic mass is 19.4. The third-order valence-corrected chi connectivity index (χ3v) is 4.65. The molecule has 1 N–H and O–H groups in total. The molecule has 1 aliphatic rings. The maximum Gasteiger partial charge on any atom is 0.416 e. The molecule has 1 fully saturated rings. The van der Waals surface area contributed by atoms with Crippen LogP contribution in [0.3, 0.4) is 0 Å². The van der Waals surface area contributed by atoms with Crippen molar-refractivity contribution in [2.24, 2.45) is 5.10 Å². The Labute approximate surface area is 184 Å². The van der Waals surface area contributed by atoms with Gasteiger partial charge in [0.25, 0.3) is 0 Å². The molecule has 0 radical (unpaired) electrons. The van der Waals surface area contributed by atoms with Gasteiger partial charge in [-0.3, -0.25) is 5.43 Å². The van der Waals surface area contributed by atoms with Crippen LogP contribution in [-0.2, 0) is 20.4 Å². The molecule has 1 aliphatic heterocycles. The van der Waals surface area contributed by atoms with Crippen LogP contribution in [0.15, 0.2) is 65.9 Å². The first-order valence-corrected chi connectivity index (χ1v) is 10.2. The highest BCUT2D eigenvalue weighted by molar-refractivity contribution is 6.54. The van der Waals surface area contributed by atoms with Crippen molar-refractivity contribution in [3.63, 3.8) is 0 Å². The Bertz CT molecular complexity index is 969. The number of hydrogen-bond donors (Lipinski definition) is 1. The minimum absolute atomic E-state index is 0.0399. The molecule has 2 aromatic carbocycles. The molecule has 1 saturated heterocycles. The van der Waals surface area contributed by atoms with Crippen molar-refractivity contribution in [3.8, 4) is 0 Å². The lowest BCUT2D eigenvalue weighted by molar-refractivity contribution is -0.137. The minimum Gasteiger partial charge on any atom is -0.461 e. The van der Waals surface area contributed by atoms with Crippen molar-refractivity contribution < 1.29 is 27.4 Å². The van der Waals surface area contributed by atoms with Crippen molar-refractivity contribution in [1.82, 2.24) is 4.90 Å². The third-order valence-electron chi connectivity index (χ3n) is 4.65. The van der Waals surface area contributed by atoms with Crippen LogP contribution in [0.1, 0.15) is 18.1 Å². The number of nitrogens with one attached hydrogen (secondary N) is 1. The fourth-order valence-corrected chi connectivity index (χ4v) is 3.08. The summed E-state index contributed by atoms with van der Waals surface area (Å²) in [7, 11) is 0. The van der Waals surface area contributed by atoms with Crippen LogP contribution in [0.5, 0.6) is 0 Å². The van der Waals surface area contributed by atoms with E-state index in [1.807, 2.05) is 35.2 Å². The predicted molar refractivity (Wildman–Crippen MR) is 116 cm³/mol. The Hall–Kier alpha value is -3.33. The van der Waals surface area contributed by atoms with Crippen LogP contribution in [0.25, 0.3) is 5.57 Å². The molecule has 0 bridgehead atoms. The van der Waals surface area contributed by atoms with E-state index in [2.05, 4.69) is 10.5 Å². The Morgan fingerprint density at radius 1 is 1.16 bits per heavy atom. The van der Waals surface area contributed by atoms with Crippen LogP contribution in [-0.4, -0.2) is 49.5 Å². The Kier molecular flexibility index (Phi) is 7.88. The molecule has 6 nitrogen and oxygen atoms in total. The summed E-state index contributed by atoms with van der Waals surface area (Å²) in [5.74, 6) is -0.685. The van der Waals surface area contributed by atoms with Gasteiger partial charge in [0, 0.05) is 24.9 Å². The summed E-state index contributed by atoms with van der Waals surface area (Å²) in [6.07, 6.45) is -2.68. The SMILES string of the molecule is CCOC(=O)C(=NNc1cccc(C(F)(F)F)c1)C(=CN1CCOCC1)c1ccccc1. The van der Waals surface area contributed by atoms with Crippen LogP contribution in [0.2, 0.25) is 0 Å². The van der Waals surface area contributed by atoms with Gasteiger partial charge in [-0.2, -0.15) is 18.3 Å². The highest BCUT2D eigenvalue weighted by Gasteiger charge is 2.30. The first-order valence-electron chi connectivity index (χ1n) is 10.2. The van der Waals surface area contributed by atoms with Gasteiger partial charge in [0.2, 0.25) is 0 Å². The fourth-order valence-electron chi connectivity index (χ4n) is 3.08. The summed E-state index contributed by atoms with van der Waals surface area (Å²) in [4.78, 5) is 14.8. The summed E-state index contributed by atoms with van der Waals surface area (Å²) in [6, 6.07) is 13.8. The van der Waals surface area contributed by atoms with E-state index in [1.54, 1.807) is 13.1 Å². The number of alkyl halides is 3. The number of rotatable bonds is 7. The van der Waals surface area contributed by atoms with Gasteiger partial charge in [-0.1, -0.05) is 36.4 Å². The van der Waals surface area contributed by atoms with Gasteiger partial charge >= 0.3 is 12.1 Å². The molecule has 3 rings (SSSR count). The molecule has 0 saturated carbocycles. The number of carbonyl (C=O) groups is 1. The first kappa shape index (κ1) is 23.3. The summed E-state index contributed by atoms with van der Waals surface area (Å²) >= 11 is 0. The first-order chi connectivity index (χ1) is 15.4. The maximum atomic E-state index is 13.0. The molecule has 0 unspecified atom stereocenters. The smallest absolute Gasteiger partial charge is 0.416 e. The third kappa shape index (κ3) is 6.34. The minimum atomic E-state index is -4.49. The van der Waals surface area contributed by atoms with Gasteiger partial charge < -0.3 is 14.4 Å². The Morgan fingerprint density at radius 2 is 1.88 bits per heavy atom. The second kappa shape index (κ2) is 10.8. The molecule has 170 valence electrons. The van der Waals surface area contributed by atoms with Crippen LogP contribution < -0.4 is 5.43 Å². The van der Waals surface area contributed by atoms with E-state index in [4.69, 9.17) is 9.47 Å². The summed E-state index contributed by atoms with van der Waals surface area (Å²) < 4.78 is 49.7. The van der Waals surface area contributed by atoms with Gasteiger partial charge in [-0.05, 0) is 30.7 Å². The number of nitrogens with zero attached hydrogens (tertiary/aromatic N) is 2. The summed E-state index contributed by atoms with van der Waals surface area (Å²) in [5.41, 5.74) is 3.04. The second-order valence-corrected chi connectivity index (χ2v) is 6.93. The van der Waals surface area contributed by atoms with Gasteiger partial charge in [-0.15, -0.1) is 0 Å². The predicted octanol–water partition coefficient (Wildman–Crippen LogP) is 4.41. The lowest BCUT2D eigenvalue weighted by Gasteiger charge is -2.26. The Morgan fingerprint density at radius 3 is 2.53 bits per heavy atom. The number of esters is 1. The number of morpholine rings is 1. The van der Waals surface area contributed by atoms with Crippen molar-refractivity contribution in [1.29, 1.82) is 0 Å². The molecule has 0 aromatic heterocycles. The van der Waals surface area contributed by atoms with E-state index < -0.39 is 17.7 Å². The average molecular weight is 447 g/mol. The van der Waals surface area contributed by atoms with Crippen molar-refractivity contribution in [2.75, 3.05) is 38.3 Å². The van der Waals surface area contributed by atoms with E-state index in [-0.39, 0.29) is 18.0 Å². The molecular formula is C23H24F3N3O3. The standard InChI is InChI=1S/C23H24F3N3O3/c1-2-32-22(30)21(28-27-19-10-6-9-18(15-19)23(24,25)26)20(17-7-4-3-5-8-17)16-29-11-13-31-14-12-29/h3-10,15-16,27H,2,11-14H2,1H3. The number of anilines is 1. The number of benzene rings is 2. The lowest BCUT2D eigenvalue weighted by atomic mass is 10.0. The topological polar surface area (TPSA) is 63.2 Å². The molecule has 0 amide bonds. The molecular weight excluding hydrogens is 423 g/mol. The number of hydrazone groups is 1. The van der Waals surface area contributed by atoms with Gasteiger partial charge in [0.05, 0.1) is 31.1 Å². The summed E-state index contributed by atoms with van der Waals surface area (Å²) in [6.45, 7) is 4.16. The highest BCUT2D eigenvalue weighted by Crippen LogP contribution is 2.30. The second-order valence-electron chi connectivity index (χ2n) is 6.93. The largest absolute Gasteiger partial charge is 0.461 e. The van der Waals surface area contributed by atoms with Crippen LogP contribution in [0.4, 0.5) is 18.9 Å². The summed E-state index contributed by atoms with van der Waals surface area (Å²) in [5, 5.41) is 4.18. The fraction of sp³-hybridized carbons (Fsp3) is 0.304. The van der Waals surface area contributed by atoms with Crippen LogP contribution >= 0.6 is 0 Å². The number of hydrogen-bond acceptors (Lipinski definition) is 6. The van der Waals surface area contributed by atoms with E-state index >= 15 is 0 Å². The van der Waals surface area contributed by atoms with E-state index in [9.17, 15) is 18.0 Å².